The van der Waals surface area contributed by atoms with E-state index >= 15 is 0 Å². The third-order valence-corrected chi connectivity index (χ3v) is 5.31. The Morgan fingerprint density at radius 1 is 1.42 bits per heavy atom. The Kier molecular flexibility index (Phi) is 5.45. The predicted octanol–water partition coefficient (Wildman–Crippen LogP) is 2.31. The minimum Gasteiger partial charge on any atom is -0.258 e. The molecule has 0 aromatic heterocycles. The van der Waals surface area contributed by atoms with Crippen molar-refractivity contribution in [1.82, 2.24) is 4.31 Å². The molecule has 0 aliphatic heterocycles. The molecule has 8 heteroatoms. The third kappa shape index (κ3) is 3.52. The molecule has 0 N–H and O–H groups in total. The zero-order valence-corrected chi connectivity index (χ0v) is 13.1. The maximum Gasteiger partial charge on any atom is 0.273 e. The molecule has 106 valence electrons. The van der Waals surface area contributed by atoms with Crippen molar-refractivity contribution >= 4 is 31.6 Å². The predicted molar refractivity (Wildman–Crippen MR) is 76.1 cm³/mol. The molecule has 6 nitrogen and oxygen atoms in total. The molecule has 0 atom stereocenters. The fourth-order valence-corrected chi connectivity index (χ4v) is 3.35. The maximum atomic E-state index is 12.3. The molecule has 0 radical (unpaired) electrons. The molecule has 0 saturated carbocycles. The van der Waals surface area contributed by atoms with E-state index in [-0.39, 0.29) is 16.1 Å². The summed E-state index contributed by atoms with van der Waals surface area (Å²) >= 11 is 3.24. The van der Waals surface area contributed by atoms with Gasteiger partial charge in [0.2, 0.25) is 10.0 Å². The number of nitro benzene ring substituents is 1. The highest BCUT2D eigenvalue weighted by Crippen LogP contribution is 2.26. The molecular formula is C11H15BrN2O4S. The summed E-state index contributed by atoms with van der Waals surface area (Å²) < 4.78 is 25.9. The minimum absolute atomic E-state index is 0.0150. The van der Waals surface area contributed by atoms with Crippen LogP contribution in [0, 0.1) is 17.0 Å². The lowest BCUT2D eigenvalue weighted by atomic mass is 10.2. The summed E-state index contributed by atoms with van der Waals surface area (Å²) in [5.74, 6) is 0. The summed E-state index contributed by atoms with van der Waals surface area (Å²) in [4.78, 5) is 10.2. The van der Waals surface area contributed by atoms with Crippen molar-refractivity contribution in [2.24, 2.45) is 0 Å². The van der Waals surface area contributed by atoms with Crippen molar-refractivity contribution in [3.63, 3.8) is 0 Å². The van der Waals surface area contributed by atoms with Crippen molar-refractivity contribution in [2.45, 2.75) is 18.2 Å². The standard InChI is InChI=1S/C11H15BrN2O4S/c1-9-10(14(15)16)5-3-6-11(9)19(17,18)13(2)8-4-7-12/h3,5-6H,4,7-8H2,1-2H3. The van der Waals surface area contributed by atoms with Gasteiger partial charge < -0.3 is 0 Å². The molecule has 1 rings (SSSR count). The highest BCUT2D eigenvalue weighted by molar-refractivity contribution is 9.09. The molecule has 19 heavy (non-hydrogen) atoms. The topological polar surface area (TPSA) is 80.5 Å². The van der Waals surface area contributed by atoms with Crippen LogP contribution in [-0.4, -0.2) is 36.6 Å². The number of sulfonamides is 1. The van der Waals surface area contributed by atoms with Crippen molar-refractivity contribution < 1.29 is 13.3 Å². The zero-order chi connectivity index (χ0) is 14.6. The first-order valence-electron chi connectivity index (χ1n) is 5.58. The van der Waals surface area contributed by atoms with Gasteiger partial charge in [-0.15, -0.1) is 0 Å². The lowest BCUT2D eigenvalue weighted by molar-refractivity contribution is -0.385. The van der Waals surface area contributed by atoms with Gasteiger partial charge in [0.25, 0.3) is 5.69 Å². The van der Waals surface area contributed by atoms with E-state index in [0.29, 0.717) is 18.3 Å². The molecule has 0 fully saturated rings. The summed E-state index contributed by atoms with van der Waals surface area (Å²) in [6.07, 6.45) is 0.670. The molecular weight excluding hydrogens is 336 g/mol. The lowest BCUT2D eigenvalue weighted by Crippen LogP contribution is -2.28. The first-order valence-corrected chi connectivity index (χ1v) is 8.15. The van der Waals surface area contributed by atoms with Crippen molar-refractivity contribution in [1.29, 1.82) is 0 Å². The summed E-state index contributed by atoms with van der Waals surface area (Å²) in [6, 6.07) is 4.07. The van der Waals surface area contributed by atoms with Gasteiger partial charge in [0.1, 0.15) is 0 Å². The molecule has 0 aliphatic carbocycles. The number of nitro groups is 1. The number of benzene rings is 1. The first-order chi connectivity index (χ1) is 8.82. The van der Waals surface area contributed by atoms with Gasteiger partial charge in [-0.05, 0) is 19.4 Å². The average molecular weight is 351 g/mol. The lowest BCUT2D eigenvalue weighted by Gasteiger charge is -2.17. The third-order valence-electron chi connectivity index (χ3n) is 2.75. The Bertz CT molecular complexity index is 574. The van der Waals surface area contributed by atoms with E-state index in [0.717, 1.165) is 0 Å². The fraction of sp³-hybridized carbons (Fsp3) is 0.455. The molecule has 0 bridgehead atoms. The van der Waals surface area contributed by atoms with E-state index in [1.54, 1.807) is 0 Å². The Labute approximate surface area is 120 Å². The largest absolute Gasteiger partial charge is 0.273 e. The highest BCUT2D eigenvalue weighted by atomic mass is 79.9. The summed E-state index contributed by atoms with van der Waals surface area (Å²) in [7, 11) is -2.22. The highest BCUT2D eigenvalue weighted by Gasteiger charge is 2.26. The van der Waals surface area contributed by atoms with Crippen LogP contribution in [0.3, 0.4) is 0 Å². The van der Waals surface area contributed by atoms with Gasteiger partial charge >= 0.3 is 0 Å². The molecule has 0 amide bonds. The van der Waals surface area contributed by atoms with Gasteiger partial charge in [-0.3, -0.25) is 10.1 Å². The number of hydrogen-bond donors (Lipinski definition) is 0. The molecule has 1 aromatic rings. The van der Waals surface area contributed by atoms with Crippen LogP contribution in [-0.2, 0) is 10.0 Å². The van der Waals surface area contributed by atoms with E-state index in [2.05, 4.69) is 15.9 Å². The number of rotatable bonds is 6. The number of alkyl halides is 1. The molecule has 0 aliphatic rings. The Morgan fingerprint density at radius 3 is 2.58 bits per heavy atom. The van der Waals surface area contributed by atoms with Crippen LogP contribution in [0.5, 0.6) is 0 Å². The van der Waals surface area contributed by atoms with E-state index in [4.69, 9.17) is 0 Å². The molecule has 0 unspecified atom stereocenters. The van der Waals surface area contributed by atoms with Crippen molar-refractivity contribution in [3.05, 3.63) is 33.9 Å². The van der Waals surface area contributed by atoms with Gasteiger partial charge in [-0.25, -0.2) is 12.7 Å². The van der Waals surface area contributed by atoms with Gasteiger partial charge in [-0.2, -0.15) is 0 Å². The van der Waals surface area contributed by atoms with Gasteiger partial charge in [0, 0.05) is 30.6 Å². The van der Waals surface area contributed by atoms with Gasteiger partial charge in [0.15, 0.2) is 0 Å². The van der Waals surface area contributed by atoms with E-state index in [1.807, 2.05) is 0 Å². The van der Waals surface area contributed by atoms with Crippen LogP contribution in [0.2, 0.25) is 0 Å². The molecule has 0 saturated heterocycles. The summed E-state index contributed by atoms with van der Waals surface area (Å²) in [5.41, 5.74) is -0.0202. The normalized spacial score (nSPS) is 11.8. The van der Waals surface area contributed by atoms with Crippen LogP contribution >= 0.6 is 15.9 Å². The minimum atomic E-state index is -3.69. The molecule has 0 spiro atoms. The van der Waals surface area contributed by atoms with Crippen LogP contribution in [0.15, 0.2) is 23.1 Å². The summed E-state index contributed by atoms with van der Waals surface area (Å²) in [5, 5.41) is 11.5. The number of nitrogens with zero attached hydrogens (tertiary/aromatic N) is 2. The quantitative estimate of drug-likeness (QED) is 0.447. The fourth-order valence-electron chi connectivity index (χ4n) is 1.65. The van der Waals surface area contributed by atoms with Crippen molar-refractivity contribution in [3.8, 4) is 0 Å². The van der Waals surface area contributed by atoms with Crippen LogP contribution in [0.4, 0.5) is 5.69 Å². The molecule has 1 aromatic carbocycles. The van der Waals surface area contributed by atoms with Crippen LogP contribution in [0.25, 0.3) is 0 Å². The Morgan fingerprint density at radius 2 is 2.05 bits per heavy atom. The zero-order valence-electron chi connectivity index (χ0n) is 10.7. The second kappa shape index (κ2) is 6.44. The van der Waals surface area contributed by atoms with Gasteiger partial charge in [0.05, 0.1) is 9.82 Å². The Balaban J connectivity index is 3.22. The van der Waals surface area contributed by atoms with Crippen LogP contribution in [0.1, 0.15) is 12.0 Å². The average Bonchev–Trinajstić information content (AvgIpc) is 2.35. The first kappa shape index (κ1) is 16.1. The van der Waals surface area contributed by atoms with E-state index < -0.39 is 14.9 Å². The van der Waals surface area contributed by atoms with Crippen LogP contribution < -0.4 is 0 Å². The van der Waals surface area contributed by atoms with Crippen molar-refractivity contribution in [2.75, 3.05) is 18.9 Å². The smallest absolute Gasteiger partial charge is 0.258 e. The van der Waals surface area contributed by atoms with E-state index in [1.165, 1.54) is 36.5 Å². The second-order valence-corrected chi connectivity index (χ2v) is 6.83. The molecule has 0 heterocycles. The Hall–Kier alpha value is -0.990. The SMILES string of the molecule is Cc1c([N+](=O)[O-])cccc1S(=O)(=O)N(C)CCCBr. The summed E-state index contributed by atoms with van der Waals surface area (Å²) in [6.45, 7) is 1.80. The second-order valence-electron chi connectivity index (χ2n) is 4.03. The number of hydrogen-bond acceptors (Lipinski definition) is 4. The monoisotopic (exact) mass is 350 g/mol. The van der Waals surface area contributed by atoms with Gasteiger partial charge in [-0.1, -0.05) is 22.0 Å². The number of halogens is 1. The van der Waals surface area contributed by atoms with E-state index in [9.17, 15) is 18.5 Å². The maximum absolute atomic E-state index is 12.3.